The minimum atomic E-state index is -4.22. The molecule has 0 unspecified atom stereocenters. The highest BCUT2D eigenvalue weighted by atomic mass is 32.2. The first-order chi connectivity index (χ1) is 15.9. The predicted molar refractivity (Wildman–Crippen MR) is 119 cm³/mol. The number of ether oxygens (including phenoxy) is 3. The van der Waals surface area contributed by atoms with Gasteiger partial charge in [-0.25, -0.2) is 12.8 Å². The molecule has 5 rings (SSSR count). The van der Waals surface area contributed by atoms with Crippen LogP contribution in [0, 0.1) is 5.82 Å². The second kappa shape index (κ2) is 8.77. The summed E-state index contributed by atoms with van der Waals surface area (Å²) in [6.07, 6.45) is 1.20. The van der Waals surface area contributed by atoms with E-state index in [4.69, 9.17) is 14.2 Å². The van der Waals surface area contributed by atoms with E-state index in [1.807, 2.05) is 0 Å². The Hall–Kier alpha value is -2.95. The molecule has 0 aliphatic carbocycles. The van der Waals surface area contributed by atoms with E-state index in [1.165, 1.54) is 18.2 Å². The van der Waals surface area contributed by atoms with Crippen molar-refractivity contribution in [2.75, 3.05) is 26.4 Å². The maximum atomic E-state index is 14.4. The fourth-order valence-electron chi connectivity index (χ4n) is 4.15. The average molecular weight is 475 g/mol. The highest BCUT2D eigenvalue weighted by molar-refractivity contribution is 7.89. The Labute approximate surface area is 189 Å². The number of H-pyrrole nitrogens is 1. The van der Waals surface area contributed by atoms with Crippen molar-refractivity contribution in [3.8, 4) is 11.5 Å². The molecule has 0 saturated carbocycles. The van der Waals surface area contributed by atoms with Gasteiger partial charge in [-0.2, -0.15) is 4.31 Å². The summed E-state index contributed by atoms with van der Waals surface area (Å²) in [6, 6.07) is 10.3. The van der Waals surface area contributed by atoms with E-state index in [2.05, 4.69) is 4.98 Å². The highest BCUT2D eigenvalue weighted by Crippen LogP contribution is 2.34. The van der Waals surface area contributed by atoms with Crippen molar-refractivity contribution in [3.63, 3.8) is 0 Å². The lowest BCUT2D eigenvalue weighted by molar-refractivity contribution is 0.0924. The van der Waals surface area contributed by atoms with Gasteiger partial charge < -0.3 is 19.2 Å². The number of nitrogens with zero attached hydrogens (tertiary/aromatic N) is 1. The normalized spacial score (nSPS) is 18.2. The molecule has 1 N–H and O–H groups in total. The van der Waals surface area contributed by atoms with Crippen LogP contribution in [0.3, 0.4) is 0 Å². The van der Waals surface area contributed by atoms with E-state index in [1.54, 1.807) is 18.2 Å². The van der Waals surface area contributed by atoms with Crippen molar-refractivity contribution >= 4 is 20.9 Å². The molecule has 33 heavy (non-hydrogen) atoms. The van der Waals surface area contributed by atoms with Gasteiger partial charge in [0.05, 0.1) is 11.6 Å². The summed E-state index contributed by atoms with van der Waals surface area (Å²) in [4.78, 5) is 15.2. The molecule has 1 atom stereocenters. The maximum absolute atomic E-state index is 14.4. The number of pyridine rings is 1. The van der Waals surface area contributed by atoms with Crippen molar-refractivity contribution < 1.29 is 27.0 Å². The summed E-state index contributed by atoms with van der Waals surface area (Å²) in [5.74, 6) is 0.257. The number of rotatable bonds is 6. The SMILES string of the molecule is O=c1[nH]c2cc3c(cc2cc1CN(C[C@H]1CCCO1)S(=O)(=O)c1ccccc1F)OCCO3. The Bertz CT molecular complexity index is 1350. The third kappa shape index (κ3) is 4.33. The predicted octanol–water partition coefficient (Wildman–Crippen LogP) is 2.81. The van der Waals surface area contributed by atoms with Crippen LogP contribution in [0.5, 0.6) is 11.5 Å². The van der Waals surface area contributed by atoms with Gasteiger partial charge in [0.1, 0.15) is 23.9 Å². The van der Waals surface area contributed by atoms with Crippen molar-refractivity contribution in [3.05, 3.63) is 64.2 Å². The van der Waals surface area contributed by atoms with E-state index < -0.39 is 26.3 Å². The third-order valence-electron chi connectivity index (χ3n) is 5.82. The van der Waals surface area contributed by atoms with Crippen LogP contribution in [0.15, 0.2) is 52.2 Å². The molecular weight excluding hydrogens is 451 g/mol. The monoisotopic (exact) mass is 474 g/mol. The van der Waals surface area contributed by atoms with Gasteiger partial charge in [0.2, 0.25) is 10.0 Å². The lowest BCUT2D eigenvalue weighted by Gasteiger charge is -2.25. The quantitative estimate of drug-likeness (QED) is 0.590. The Morgan fingerprint density at radius 3 is 2.55 bits per heavy atom. The zero-order valence-electron chi connectivity index (χ0n) is 17.8. The molecular formula is C23H23FN2O6S. The van der Waals surface area contributed by atoms with Gasteiger partial charge in [0.15, 0.2) is 11.5 Å². The smallest absolute Gasteiger partial charge is 0.252 e. The summed E-state index contributed by atoms with van der Waals surface area (Å²) in [5, 5.41) is 0.675. The van der Waals surface area contributed by atoms with Crippen LogP contribution in [0.25, 0.3) is 10.9 Å². The molecule has 8 nitrogen and oxygen atoms in total. The second-order valence-electron chi connectivity index (χ2n) is 8.07. The zero-order chi connectivity index (χ0) is 23.0. The van der Waals surface area contributed by atoms with E-state index in [0.717, 1.165) is 16.8 Å². The first kappa shape index (κ1) is 21.9. The van der Waals surface area contributed by atoms with Gasteiger partial charge >= 0.3 is 0 Å². The van der Waals surface area contributed by atoms with Gasteiger partial charge in [-0.1, -0.05) is 12.1 Å². The Morgan fingerprint density at radius 1 is 1.06 bits per heavy atom. The van der Waals surface area contributed by atoms with Crippen LogP contribution >= 0.6 is 0 Å². The molecule has 3 heterocycles. The largest absolute Gasteiger partial charge is 0.486 e. The molecule has 0 spiro atoms. The lowest BCUT2D eigenvalue weighted by Crippen LogP contribution is -2.38. The fraction of sp³-hybridized carbons (Fsp3) is 0.348. The molecule has 10 heteroatoms. The van der Waals surface area contributed by atoms with Crippen molar-refractivity contribution in [1.82, 2.24) is 9.29 Å². The topological polar surface area (TPSA) is 97.9 Å². The highest BCUT2D eigenvalue weighted by Gasteiger charge is 2.31. The maximum Gasteiger partial charge on any atom is 0.252 e. The summed E-state index contributed by atoms with van der Waals surface area (Å²) < 4.78 is 59.1. The molecule has 2 aliphatic rings. The van der Waals surface area contributed by atoms with Crippen LogP contribution in [-0.2, 0) is 21.3 Å². The molecule has 1 saturated heterocycles. The number of hydrogen-bond acceptors (Lipinski definition) is 6. The molecule has 3 aromatic rings. The van der Waals surface area contributed by atoms with Gasteiger partial charge in [-0.05, 0) is 37.1 Å². The number of nitrogens with one attached hydrogen (secondary N) is 1. The molecule has 2 aromatic carbocycles. The minimum Gasteiger partial charge on any atom is -0.486 e. The third-order valence-corrected chi connectivity index (χ3v) is 7.66. The molecule has 174 valence electrons. The van der Waals surface area contributed by atoms with Crippen LogP contribution in [-0.4, -0.2) is 50.2 Å². The molecule has 0 bridgehead atoms. The zero-order valence-corrected chi connectivity index (χ0v) is 18.6. The fourth-order valence-corrected chi connectivity index (χ4v) is 5.67. The van der Waals surface area contributed by atoms with Crippen LogP contribution in [0.2, 0.25) is 0 Å². The summed E-state index contributed by atoms with van der Waals surface area (Å²) in [5.41, 5.74) is 0.355. The number of fused-ring (bicyclic) bond motifs is 2. The first-order valence-electron chi connectivity index (χ1n) is 10.7. The van der Waals surface area contributed by atoms with Crippen LogP contribution < -0.4 is 15.0 Å². The summed E-state index contributed by atoms with van der Waals surface area (Å²) in [7, 11) is -4.22. The van der Waals surface area contributed by atoms with Crippen molar-refractivity contribution in [2.45, 2.75) is 30.4 Å². The van der Waals surface area contributed by atoms with E-state index >= 15 is 0 Å². The summed E-state index contributed by atoms with van der Waals surface area (Å²) >= 11 is 0. The molecule has 2 aliphatic heterocycles. The van der Waals surface area contributed by atoms with Crippen LogP contribution in [0.4, 0.5) is 4.39 Å². The number of aromatic amines is 1. The number of halogens is 1. The lowest BCUT2D eigenvalue weighted by atomic mass is 10.1. The van der Waals surface area contributed by atoms with Gasteiger partial charge in [0.25, 0.3) is 5.56 Å². The standard InChI is InChI=1S/C23H23FN2O6S/c24-18-5-1-2-6-22(18)33(28,29)26(14-17-4-3-7-30-17)13-16-10-15-11-20-21(32-9-8-31-20)12-19(15)25-23(16)27/h1-2,5-6,10-12,17H,3-4,7-9,13-14H2,(H,25,27)/t17-/m1/s1. The Kier molecular flexibility index (Phi) is 5.81. The molecule has 1 aromatic heterocycles. The van der Waals surface area contributed by atoms with Crippen molar-refractivity contribution in [2.24, 2.45) is 0 Å². The summed E-state index contributed by atoms with van der Waals surface area (Å²) in [6.45, 7) is 1.19. The number of benzene rings is 2. The second-order valence-corrected chi connectivity index (χ2v) is 9.98. The average Bonchev–Trinajstić information content (AvgIpc) is 3.31. The van der Waals surface area contributed by atoms with Crippen molar-refractivity contribution in [1.29, 1.82) is 0 Å². The van der Waals surface area contributed by atoms with E-state index in [9.17, 15) is 17.6 Å². The molecule has 1 fully saturated rings. The Morgan fingerprint density at radius 2 is 1.82 bits per heavy atom. The van der Waals surface area contributed by atoms with Gasteiger partial charge in [-0.3, -0.25) is 4.79 Å². The minimum absolute atomic E-state index is 0.0231. The van der Waals surface area contributed by atoms with Crippen LogP contribution in [0.1, 0.15) is 18.4 Å². The van der Waals surface area contributed by atoms with E-state index in [0.29, 0.717) is 48.6 Å². The Balaban J connectivity index is 1.54. The van der Waals surface area contributed by atoms with Gasteiger partial charge in [-0.15, -0.1) is 0 Å². The van der Waals surface area contributed by atoms with E-state index in [-0.39, 0.29) is 24.8 Å². The number of sulfonamides is 1. The first-order valence-corrected chi connectivity index (χ1v) is 12.2. The molecule has 0 radical (unpaired) electrons. The number of hydrogen-bond donors (Lipinski definition) is 1. The molecule has 0 amide bonds. The number of aromatic nitrogens is 1. The van der Waals surface area contributed by atoms with Gasteiger partial charge in [0, 0.05) is 36.7 Å².